The molecule has 0 bridgehead atoms. The van der Waals surface area contributed by atoms with Crippen molar-refractivity contribution in [2.24, 2.45) is 5.92 Å². The molecule has 5 nitrogen and oxygen atoms in total. The summed E-state index contributed by atoms with van der Waals surface area (Å²) < 4.78 is 39.9. The lowest BCUT2D eigenvalue weighted by Crippen LogP contribution is -2.62. The molecule has 1 atom stereocenters. The number of hydrogen-bond donors (Lipinski definition) is 2. The number of carbonyl (C=O) groups is 2. The van der Waals surface area contributed by atoms with Crippen LogP contribution in [-0.4, -0.2) is 35.5 Å². The third kappa shape index (κ3) is 6.68. The van der Waals surface area contributed by atoms with Crippen molar-refractivity contribution in [3.63, 3.8) is 0 Å². The Morgan fingerprint density at radius 3 is 2.30 bits per heavy atom. The fourth-order valence-electron chi connectivity index (χ4n) is 5.03. The average Bonchev–Trinajstić information content (AvgIpc) is 3.30. The zero-order valence-electron chi connectivity index (χ0n) is 21.1. The van der Waals surface area contributed by atoms with Crippen LogP contribution in [0.3, 0.4) is 0 Å². The predicted octanol–water partition coefficient (Wildman–Crippen LogP) is 5.85. The molecule has 0 aromatic heterocycles. The van der Waals surface area contributed by atoms with Gasteiger partial charge in [-0.25, -0.2) is 4.59 Å². The van der Waals surface area contributed by atoms with E-state index in [0.29, 0.717) is 30.6 Å². The van der Waals surface area contributed by atoms with Crippen LogP contribution in [0.5, 0.6) is 0 Å². The first-order valence-electron chi connectivity index (χ1n) is 12.7. The van der Waals surface area contributed by atoms with E-state index in [-0.39, 0.29) is 28.9 Å². The zero-order chi connectivity index (χ0) is 26.6. The number of benzene rings is 3. The first-order chi connectivity index (χ1) is 17.5. The molecule has 1 heterocycles. The van der Waals surface area contributed by atoms with Crippen molar-refractivity contribution in [1.29, 1.82) is 0 Å². The number of alkyl halides is 3. The topological polar surface area (TPSA) is 58.2 Å². The number of quaternary nitrogens is 1. The van der Waals surface area contributed by atoms with Crippen LogP contribution in [0.4, 0.5) is 13.2 Å². The highest BCUT2D eigenvalue weighted by atomic mass is 19.4. The van der Waals surface area contributed by atoms with Gasteiger partial charge in [0.1, 0.15) is 25.7 Å². The molecular formula is C29H33F3N3O2+. The molecule has 8 heteroatoms. The summed E-state index contributed by atoms with van der Waals surface area (Å²) in [6.07, 6.45) is -2.27. The smallest absolute Gasteiger partial charge is 0.340 e. The van der Waals surface area contributed by atoms with Crippen LogP contribution in [0, 0.1) is 5.92 Å². The van der Waals surface area contributed by atoms with Crippen LogP contribution in [0.25, 0.3) is 10.8 Å². The molecule has 4 rings (SSSR count). The average molecular weight is 513 g/mol. The fourth-order valence-corrected chi connectivity index (χ4v) is 5.03. The van der Waals surface area contributed by atoms with Crippen LogP contribution in [0.15, 0.2) is 66.7 Å². The molecule has 0 unspecified atom stereocenters. The number of fused-ring (bicyclic) bond motifs is 1. The van der Waals surface area contributed by atoms with Gasteiger partial charge in [-0.2, -0.15) is 18.6 Å². The van der Waals surface area contributed by atoms with Crippen LogP contribution >= 0.6 is 0 Å². The quantitative estimate of drug-likeness (QED) is 0.372. The van der Waals surface area contributed by atoms with E-state index < -0.39 is 17.8 Å². The van der Waals surface area contributed by atoms with Crippen molar-refractivity contribution < 1.29 is 27.4 Å². The maximum atomic E-state index is 13.5. The first-order valence-corrected chi connectivity index (χ1v) is 12.7. The number of nitrogens with one attached hydrogen (secondary N) is 2. The lowest BCUT2D eigenvalue weighted by molar-refractivity contribution is -0.963. The minimum atomic E-state index is -4.43. The zero-order valence-corrected chi connectivity index (χ0v) is 21.1. The Morgan fingerprint density at radius 2 is 1.62 bits per heavy atom. The molecular weight excluding hydrogens is 479 g/mol. The molecule has 2 amide bonds. The molecule has 37 heavy (non-hydrogen) atoms. The molecule has 0 saturated carbocycles. The van der Waals surface area contributed by atoms with E-state index in [4.69, 9.17) is 0 Å². The van der Waals surface area contributed by atoms with Crippen molar-refractivity contribution in [2.45, 2.75) is 51.9 Å². The summed E-state index contributed by atoms with van der Waals surface area (Å²) in [6.45, 7) is 5.45. The van der Waals surface area contributed by atoms with Gasteiger partial charge in [-0.15, -0.1) is 0 Å². The number of hydrogen-bond acceptors (Lipinski definition) is 2. The van der Waals surface area contributed by atoms with E-state index in [9.17, 15) is 22.8 Å². The highest BCUT2D eigenvalue weighted by molar-refractivity contribution is 6.00. The second-order valence-electron chi connectivity index (χ2n) is 10.3. The lowest BCUT2D eigenvalue weighted by Gasteiger charge is -2.35. The molecule has 1 aliphatic rings. The summed E-state index contributed by atoms with van der Waals surface area (Å²) in [5.74, 6) is -0.516. The second-order valence-corrected chi connectivity index (χ2v) is 10.3. The number of amides is 2. The van der Waals surface area contributed by atoms with E-state index in [1.54, 1.807) is 18.2 Å². The molecule has 1 fully saturated rings. The van der Waals surface area contributed by atoms with Gasteiger partial charge < -0.3 is 5.32 Å². The number of likely N-dealkylation sites (tertiary alicyclic amines) is 1. The van der Waals surface area contributed by atoms with Crippen LogP contribution < -0.4 is 10.7 Å². The van der Waals surface area contributed by atoms with Gasteiger partial charge in [0.25, 0.3) is 11.8 Å². The molecule has 3 aromatic carbocycles. The Morgan fingerprint density at radius 1 is 0.919 bits per heavy atom. The van der Waals surface area contributed by atoms with Gasteiger partial charge >= 0.3 is 6.18 Å². The highest BCUT2D eigenvalue weighted by Gasteiger charge is 2.38. The summed E-state index contributed by atoms with van der Waals surface area (Å²) in [4.78, 5) is 26.6. The van der Waals surface area contributed by atoms with Gasteiger partial charge in [0.2, 0.25) is 0 Å². The molecule has 0 aliphatic carbocycles. The van der Waals surface area contributed by atoms with Crippen molar-refractivity contribution in [3.8, 4) is 0 Å². The Balaban J connectivity index is 1.52. The van der Waals surface area contributed by atoms with E-state index in [2.05, 4.69) is 10.7 Å². The Kier molecular flexibility index (Phi) is 7.87. The van der Waals surface area contributed by atoms with Gasteiger partial charge in [-0.1, -0.05) is 56.3 Å². The van der Waals surface area contributed by atoms with E-state index in [1.165, 1.54) is 6.07 Å². The van der Waals surface area contributed by atoms with E-state index in [0.717, 1.165) is 35.7 Å². The normalized spacial score (nSPS) is 16.1. The highest BCUT2D eigenvalue weighted by Crippen LogP contribution is 2.31. The third-order valence-corrected chi connectivity index (χ3v) is 6.85. The van der Waals surface area contributed by atoms with Crippen molar-refractivity contribution in [3.05, 3.63) is 83.4 Å². The number of rotatable bonds is 8. The molecule has 0 radical (unpaired) electrons. The maximum Gasteiger partial charge on any atom is 0.416 e. The van der Waals surface area contributed by atoms with Crippen molar-refractivity contribution in [2.75, 3.05) is 13.1 Å². The number of halogens is 3. The van der Waals surface area contributed by atoms with Crippen LogP contribution in [0.1, 0.15) is 54.6 Å². The van der Waals surface area contributed by atoms with Crippen LogP contribution in [-0.2, 0) is 17.5 Å². The van der Waals surface area contributed by atoms with Gasteiger partial charge in [-0.3, -0.25) is 9.59 Å². The summed E-state index contributed by atoms with van der Waals surface area (Å²) in [7, 11) is 0. The van der Waals surface area contributed by atoms with E-state index in [1.807, 2.05) is 44.2 Å². The summed E-state index contributed by atoms with van der Waals surface area (Å²) in [5, 5.41) is 4.86. The number of nitrogens with zero attached hydrogens (tertiary/aromatic N) is 1. The Labute approximate surface area is 215 Å². The third-order valence-electron chi connectivity index (χ3n) is 6.85. The minimum absolute atomic E-state index is 0.142. The second kappa shape index (κ2) is 10.9. The van der Waals surface area contributed by atoms with Gasteiger partial charge in [-0.05, 0) is 47.4 Å². The minimum Gasteiger partial charge on any atom is -0.340 e. The Bertz CT molecular complexity index is 1270. The molecule has 3 aromatic rings. The molecule has 2 N–H and O–H groups in total. The summed E-state index contributed by atoms with van der Waals surface area (Å²) >= 11 is 0. The standard InChI is InChI=1S/C29H32F3N3O2/c1-20(2)16-26(33-27(36)24-13-12-22-9-3-4-10-23(22)18-24)28(37)34-35(14-5-6-15-35)19-21-8-7-11-25(17-21)29(30,31)32/h3-4,7-13,17-18,20,26H,5-6,14-16,19H2,1-2H3,(H-,33,34,36,37)/p+1/t26-/m0/s1. The molecule has 1 saturated heterocycles. The monoisotopic (exact) mass is 512 g/mol. The summed E-state index contributed by atoms with van der Waals surface area (Å²) in [6, 6.07) is 17.7. The van der Waals surface area contributed by atoms with Crippen molar-refractivity contribution in [1.82, 2.24) is 10.7 Å². The van der Waals surface area contributed by atoms with Gasteiger partial charge in [0.05, 0.1) is 5.56 Å². The lowest BCUT2D eigenvalue weighted by atomic mass is 10.0. The van der Waals surface area contributed by atoms with Gasteiger partial charge in [0, 0.05) is 24.0 Å². The Hall–Kier alpha value is -3.39. The predicted molar refractivity (Wildman–Crippen MR) is 137 cm³/mol. The SMILES string of the molecule is CC(C)C[C@H](NC(=O)c1ccc2ccccc2c1)C(=O)N[N+]1(Cc2cccc(C(F)(F)F)c2)CCCC1. The fraction of sp³-hybridized carbons (Fsp3) is 0.379. The molecule has 1 aliphatic heterocycles. The van der Waals surface area contributed by atoms with Gasteiger partial charge in [0.15, 0.2) is 0 Å². The largest absolute Gasteiger partial charge is 0.416 e. The maximum absolute atomic E-state index is 13.5. The molecule has 196 valence electrons. The van der Waals surface area contributed by atoms with Crippen LogP contribution in [0.2, 0.25) is 0 Å². The van der Waals surface area contributed by atoms with Crippen molar-refractivity contribution >= 4 is 22.6 Å². The van der Waals surface area contributed by atoms with E-state index >= 15 is 0 Å². The summed E-state index contributed by atoms with van der Waals surface area (Å²) in [5.41, 5.74) is 3.37. The number of carbonyl (C=O) groups excluding carboxylic acids is 2. The first kappa shape index (κ1) is 26.7. The molecule has 0 spiro atoms.